The van der Waals surface area contributed by atoms with E-state index in [-0.39, 0.29) is 11.9 Å². The summed E-state index contributed by atoms with van der Waals surface area (Å²) in [4.78, 5) is 11.9. The molecule has 0 aromatic heterocycles. The standard InChI is InChI=1S/C14H28N2O2/c1-3-11-6-8-12(9-7-11)16-14(17)13(15)5-4-10-18-2/h11-13H,3-10,15H2,1-2H3,(H,16,17). The second-order valence-electron chi connectivity index (χ2n) is 5.38. The summed E-state index contributed by atoms with van der Waals surface area (Å²) in [5.74, 6) is 0.861. The third kappa shape index (κ3) is 5.36. The number of ether oxygens (including phenoxy) is 1. The van der Waals surface area contributed by atoms with Crippen molar-refractivity contribution in [3.05, 3.63) is 0 Å². The molecule has 4 heteroatoms. The predicted octanol–water partition coefficient (Wildman–Crippen LogP) is 1.83. The lowest BCUT2D eigenvalue weighted by atomic mass is 9.84. The molecule has 1 aliphatic carbocycles. The molecule has 1 amide bonds. The van der Waals surface area contributed by atoms with Crippen molar-refractivity contribution in [2.45, 2.75) is 64.0 Å². The van der Waals surface area contributed by atoms with Crippen LogP contribution in [0.15, 0.2) is 0 Å². The molecular weight excluding hydrogens is 228 g/mol. The molecule has 1 saturated carbocycles. The minimum Gasteiger partial charge on any atom is -0.385 e. The summed E-state index contributed by atoms with van der Waals surface area (Å²) in [6.45, 7) is 2.91. The summed E-state index contributed by atoms with van der Waals surface area (Å²) in [7, 11) is 1.66. The van der Waals surface area contributed by atoms with Gasteiger partial charge < -0.3 is 15.8 Å². The van der Waals surface area contributed by atoms with Crippen molar-refractivity contribution in [1.82, 2.24) is 5.32 Å². The number of rotatable bonds is 7. The highest BCUT2D eigenvalue weighted by molar-refractivity contribution is 5.81. The number of methoxy groups -OCH3 is 1. The molecule has 4 nitrogen and oxygen atoms in total. The summed E-state index contributed by atoms with van der Waals surface area (Å²) in [5.41, 5.74) is 5.86. The summed E-state index contributed by atoms with van der Waals surface area (Å²) in [6.07, 6.45) is 7.49. The number of carbonyl (C=O) groups excluding carboxylic acids is 1. The van der Waals surface area contributed by atoms with Crippen LogP contribution in [-0.2, 0) is 9.53 Å². The summed E-state index contributed by atoms with van der Waals surface area (Å²) in [5, 5.41) is 3.09. The number of hydrogen-bond acceptors (Lipinski definition) is 3. The van der Waals surface area contributed by atoms with Gasteiger partial charge >= 0.3 is 0 Å². The predicted molar refractivity (Wildman–Crippen MR) is 73.3 cm³/mol. The van der Waals surface area contributed by atoms with Crippen LogP contribution in [0.25, 0.3) is 0 Å². The van der Waals surface area contributed by atoms with Crippen LogP contribution in [0.2, 0.25) is 0 Å². The van der Waals surface area contributed by atoms with E-state index in [1.54, 1.807) is 7.11 Å². The molecule has 1 aliphatic rings. The maximum atomic E-state index is 11.9. The second-order valence-corrected chi connectivity index (χ2v) is 5.38. The van der Waals surface area contributed by atoms with Crippen LogP contribution in [-0.4, -0.2) is 31.7 Å². The number of hydrogen-bond donors (Lipinski definition) is 2. The fourth-order valence-electron chi connectivity index (χ4n) is 2.60. The molecule has 1 unspecified atom stereocenters. The van der Waals surface area contributed by atoms with Crippen LogP contribution in [0.1, 0.15) is 51.9 Å². The average Bonchev–Trinajstić information content (AvgIpc) is 2.39. The number of nitrogens with one attached hydrogen (secondary N) is 1. The highest BCUT2D eigenvalue weighted by Gasteiger charge is 2.23. The van der Waals surface area contributed by atoms with E-state index in [9.17, 15) is 4.79 Å². The lowest BCUT2D eigenvalue weighted by molar-refractivity contribution is -0.123. The first-order chi connectivity index (χ1) is 8.67. The number of amides is 1. The Labute approximate surface area is 111 Å². The minimum atomic E-state index is -0.385. The third-order valence-corrected chi connectivity index (χ3v) is 3.97. The minimum absolute atomic E-state index is 0.00560. The SMILES string of the molecule is CCC1CCC(NC(=O)C(N)CCCOC)CC1. The highest BCUT2D eigenvalue weighted by Crippen LogP contribution is 2.26. The van der Waals surface area contributed by atoms with Gasteiger partial charge in [0.15, 0.2) is 0 Å². The van der Waals surface area contributed by atoms with Gasteiger partial charge in [0.2, 0.25) is 5.91 Å². The highest BCUT2D eigenvalue weighted by atomic mass is 16.5. The van der Waals surface area contributed by atoms with Gasteiger partial charge in [-0.3, -0.25) is 4.79 Å². The zero-order chi connectivity index (χ0) is 13.4. The van der Waals surface area contributed by atoms with Crippen molar-refractivity contribution in [3.8, 4) is 0 Å². The topological polar surface area (TPSA) is 64.4 Å². The molecule has 1 rings (SSSR count). The molecule has 0 heterocycles. The van der Waals surface area contributed by atoms with Crippen LogP contribution in [0, 0.1) is 5.92 Å². The Morgan fingerprint density at radius 1 is 1.39 bits per heavy atom. The second kappa shape index (κ2) is 8.48. The Balaban J connectivity index is 2.19. The van der Waals surface area contributed by atoms with Gasteiger partial charge in [-0.1, -0.05) is 13.3 Å². The smallest absolute Gasteiger partial charge is 0.237 e. The van der Waals surface area contributed by atoms with Gasteiger partial charge in [0.05, 0.1) is 6.04 Å². The van der Waals surface area contributed by atoms with Crippen LogP contribution in [0.4, 0.5) is 0 Å². The zero-order valence-corrected chi connectivity index (χ0v) is 11.8. The first-order valence-electron chi connectivity index (χ1n) is 7.22. The van der Waals surface area contributed by atoms with Crippen LogP contribution < -0.4 is 11.1 Å². The fourth-order valence-corrected chi connectivity index (χ4v) is 2.60. The van der Waals surface area contributed by atoms with Gasteiger partial charge in [-0.25, -0.2) is 0 Å². The molecule has 0 spiro atoms. The fraction of sp³-hybridized carbons (Fsp3) is 0.929. The van der Waals surface area contributed by atoms with Crippen LogP contribution in [0.5, 0.6) is 0 Å². The van der Waals surface area contributed by atoms with E-state index >= 15 is 0 Å². The Bertz CT molecular complexity index is 238. The molecule has 0 bridgehead atoms. The Morgan fingerprint density at radius 3 is 2.61 bits per heavy atom. The first-order valence-corrected chi connectivity index (χ1v) is 7.22. The summed E-state index contributed by atoms with van der Waals surface area (Å²) >= 11 is 0. The van der Waals surface area contributed by atoms with Crippen molar-refractivity contribution < 1.29 is 9.53 Å². The Kier molecular flexibility index (Phi) is 7.28. The van der Waals surface area contributed by atoms with Crippen LogP contribution in [0.3, 0.4) is 0 Å². The van der Waals surface area contributed by atoms with E-state index in [2.05, 4.69) is 12.2 Å². The van der Waals surface area contributed by atoms with Gasteiger partial charge in [0, 0.05) is 19.8 Å². The van der Waals surface area contributed by atoms with Crippen molar-refractivity contribution in [1.29, 1.82) is 0 Å². The van der Waals surface area contributed by atoms with E-state index in [0.29, 0.717) is 19.1 Å². The van der Waals surface area contributed by atoms with Gasteiger partial charge in [0.1, 0.15) is 0 Å². The van der Waals surface area contributed by atoms with Crippen molar-refractivity contribution in [2.75, 3.05) is 13.7 Å². The first kappa shape index (κ1) is 15.4. The molecule has 18 heavy (non-hydrogen) atoms. The molecule has 1 atom stereocenters. The molecular formula is C14H28N2O2. The molecule has 0 aromatic carbocycles. The van der Waals surface area contributed by atoms with Crippen molar-refractivity contribution in [3.63, 3.8) is 0 Å². The lowest BCUT2D eigenvalue weighted by Crippen LogP contribution is -2.46. The monoisotopic (exact) mass is 256 g/mol. The van der Waals surface area contributed by atoms with Crippen LogP contribution >= 0.6 is 0 Å². The molecule has 1 fully saturated rings. The lowest BCUT2D eigenvalue weighted by Gasteiger charge is -2.29. The quantitative estimate of drug-likeness (QED) is 0.683. The van der Waals surface area contributed by atoms with E-state index in [4.69, 9.17) is 10.5 Å². The van der Waals surface area contributed by atoms with Gasteiger partial charge in [-0.15, -0.1) is 0 Å². The number of carbonyl (C=O) groups is 1. The molecule has 0 aromatic rings. The zero-order valence-electron chi connectivity index (χ0n) is 11.8. The molecule has 0 radical (unpaired) electrons. The maximum absolute atomic E-state index is 11.9. The van der Waals surface area contributed by atoms with E-state index < -0.39 is 0 Å². The van der Waals surface area contributed by atoms with Gasteiger partial charge in [-0.05, 0) is 44.4 Å². The van der Waals surface area contributed by atoms with Gasteiger partial charge in [0.25, 0.3) is 0 Å². The van der Waals surface area contributed by atoms with Crippen molar-refractivity contribution in [2.24, 2.45) is 11.7 Å². The van der Waals surface area contributed by atoms with E-state index in [1.807, 2.05) is 0 Å². The van der Waals surface area contributed by atoms with E-state index in [1.165, 1.54) is 19.3 Å². The largest absolute Gasteiger partial charge is 0.385 e. The van der Waals surface area contributed by atoms with Gasteiger partial charge in [-0.2, -0.15) is 0 Å². The Morgan fingerprint density at radius 2 is 2.06 bits per heavy atom. The molecule has 3 N–H and O–H groups in total. The summed E-state index contributed by atoms with van der Waals surface area (Å²) < 4.78 is 4.96. The summed E-state index contributed by atoms with van der Waals surface area (Å²) in [6, 6.07) is -0.0437. The number of nitrogens with two attached hydrogens (primary N) is 1. The van der Waals surface area contributed by atoms with Crippen molar-refractivity contribution >= 4 is 5.91 Å². The van der Waals surface area contributed by atoms with E-state index in [0.717, 1.165) is 25.2 Å². The molecule has 0 saturated heterocycles. The molecule has 106 valence electrons. The third-order valence-electron chi connectivity index (χ3n) is 3.97. The normalized spacial score (nSPS) is 25.7. The Hall–Kier alpha value is -0.610. The maximum Gasteiger partial charge on any atom is 0.237 e. The average molecular weight is 256 g/mol. The molecule has 0 aliphatic heterocycles.